The van der Waals surface area contributed by atoms with Crippen molar-refractivity contribution in [3.63, 3.8) is 0 Å². The van der Waals surface area contributed by atoms with Crippen LogP contribution in [-0.2, 0) is 0 Å². The summed E-state index contributed by atoms with van der Waals surface area (Å²) in [4.78, 5) is 10.4. The molecule has 0 saturated heterocycles. The first-order chi connectivity index (χ1) is 5.81. The highest BCUT2D eigenvalue weighted by atomic mass is 35.5. The molecule has 0 bridgehead atoms. The smallest absolute Gasteiger partial charge is 0.231 e. The fourth-order valence-electron chi connectivity index (χ4n) is 1.06. The van der Waals surface area contributed by atoms with Gasteiger partial charge in [-0.1, -0.05) is 11.6 Å². The number of ether oxygens (including phenoxy) is 2. The largest absolute Gasteiger partial charge is 0.454 e. The van der Waals surface area contributed by atoms with Gasteiger partial charge in [0.1, 0.15) is 6.29 Å². The first-order valence-electron chi connectivity index (χ1n) is 3.35. The van der Waals surface area contributed by atoms with Crippen LogP contribution in [0.15, 0.2) is 12.1 Å². The highest BCUT2D eigenvalue weighted by Crippen LogP contribution is 2.39. The van der Waals surface area contributed by atoms with E-state index in [4.69, 9.17) is 21.1 Å². The number of hydrogen-bond acceptors (Lipinski definition) is 3. The Hall–Kier alpha value is -1.22. The molecule has 1 heterocycles. The summed E-state index contributed by atoms with van der Waals surface area (Å²) >= 11 is 5.79. The second-order valence-electron chi connectivity index (χ2n) is 2.35. The number of fused-ring (bicyclic) bond motifs is 1. The Kier molecular flexibility index (Phi) is 1.66. The van der Waals surface area contributed by atoms with Gasteiger partial charge in [-0.3, -0.25) is 4.79 Å². The Balaban J connectivity index is 2.58. The second kappa shape index (κ2) is 2.68. The standard InChI is InChI=1S/C8H5ClO3/c9-6-1-5(3-10)2-7-8(6)12-4-11-7/h1-3H,4H2. The number of rotatable bonds is 1. The summed E-state index contributed by atoms with van der Waals surface area (Å²) in [7, 11) is 0. The SMILES string of the molecule is O=Cc1cc(Cl)c2c(c1)OCO2. The molecular weight excluding hydrogens is 180 g/mol. The molecule has 0 aromatic heterocycles. The maximum absolute atomic E-state index is 10.4. The first-order valence-corrected chi connectivity index (χ1v) is 3.73. The number of aldehydes is 1. The van der Waals surface area contributed by atoms with Crippen LogP contribution in [0.5, 0.6) is 11.5 Å². The fraction of sp³-hybridized carbons (Fsp3) is 0.125. The quantitative estimate of drug-likeness (QED) is 0.626. The van der Waals surface area contributed by atoms with Crippen molar-refractivity contribution in [3.05, 3.63) is 22.7 Å². The Morgan fingerprint density at radius 2 is 2.25 bits per heavy atom. The van der Waals surface area contributed by atoms with Gasteiger partial charge in [-0.15, -0.1) is 0 Å². The zero-order chi connectivity index (χ0) is 8.55. The molecule has 0 unspecified atom stereocenters. The van der Waals surface area contributed by atoms with Gasteiger partial charge in [0.2, 0.25) is 6.79 Å². The summed E-state index contributed by atoms with van der Waals surface area (Å²) in [6, 6.07) is 3.14. The number of benzene rings is 1. The van der Waals surface area contributed by atoms with E-state index in [1.54, 1.807) is 12.1 Å². The van der Waals surface area contributed by atoms with Crippen molar-refractivity contribution in [1.82, 2.24) is 0 Å². The van der Waals surface area contributed by atoms with Crippen LogP contribution < -0.4 is 9.47 Å². The van der Waals surface area contributed by atoms with Crippen molar-refractivity contribution in [3.8, 4) is 11.5 Å². The van der Waals surface area contributed by atoms with Crippen LogP contribution >= 0.6 is 11.6 Å². The van der Waals surface area contributed by atoms with E-state index in [-0.39, 0.29) is 6.79 Å². The van der Waals surface area contributed by atoms with E-state index in [0.717, 1.165) is 0 Å². The van der Waals surface area contributed by atoms with Crippen LogP contribution in [0.3, 0.4) is 0 Å². The molecule has 3 nitrogen and oxygen atoms in total. The van der Waals surface area contributed by atoms with Gasteiger partial charge in [-0.25, -0.2) is 0 Å². The molecule has 4 heteroatoms. The molecule has 0 N–H and O–H groups in total. The van der Waals surface area contributed by atoms with Crippen molar-refractivity contribution in [2.24, 2.45) is 0 Å². The lowest BCUT2D eigenvalue weighted by atomic mass is 10.2. The van der Waals surface area contributed by atoms with Crippen LogP contribution in [0.2, 0.25) is 5.02 Å². The molecule has 1 aromatic carbocycles. The van der Waals surface area contributed by atoms with Gasteiger partial charge in [0, 0.05) is 5.56 Å². The predicted molar refractivity (Wildman–Crippen MR) is 43.0 cm³/mol. The number of carbonyl (C=O) groups excluding carboxylic acids is 1. The third kappa shape index (κ3) is 1.02. The van der Waals surface area contributed by atoms with Crippen LogP contribution in [-0.4, -0.2) is 13.1 Å². The molecule has 0 radical (unpaired) electrons. The van der Waals surface area contributed by atoms with Gasteiger partial charge in [-0.05, 0) is 12.1 Å². The number of hydrogen-bond donors (Lipinski definition) is 0. The van der Waals surface area contributed by atoms with E-state index in [1.807, 2.05) is 0 Å². The van der Waals surface area contributed by atoms with E-state index in [9.17, 15) is 4.79 Å². The van der Waals surface area contributed by atoms with Crippen LogP contribution in [0.4, 0.5) is 0 Å². The van der Waals surface area contributed by atoms with Gasteiger partial charge in [0.05, 0.1) is 5.02 Å². The minimum absolute atomic E-state index is 0.164. The lowest BCUT2D eigenvalue weighted by Crippen LogP contribution is -1.93. The summed E-state index contributed by atoms with van der Waals surface area (Å²) < 4.78 is 10.1. The maximum Gasteiger partial charge on any atom is 0.231 e. The molecule has 0 saturated carbocycles. The van der Waals surface area contributed by atoms with Gasteiger partial charge in [-0.2, -0.15) is 0 Å². The monoisotopic (exact) mass is 184 g/mol. The van der Waals surface area contributed by atoms with E-state index in [1.165, 1.54) is 0 Å². The lowest BCUT2D eigenvalue weighted by molar-refractivity contribution is 0.112. The van der Waals surface area contributed by atoms with Crippen molar-refractivity contribution in [2.75, 3.05) is 6.79 Å². The molecule has 1 aliphatic heterocycles. The zero-order valence-electron chi connectivity index (χ0n) is 6.04. The zero-order valence-corrected chi connectivity index (χ0v) is 6.80. The summed E-state index contributed by atoms with van der Waals surface area (Å²) in [5, 5.41) is 0.409. The van der Waals surface area contributed by atoms with Crippen molar-refractivity contribution < 1.29 is 14.3 Å². The Morgan fingerprint density at radius 3 is 3.00 bits per heavy atom. The number of halogens is 1. The van der Waals surface area contributed by atoms with Gasteiger partial charge in [0.15, 0.2) is 11.5 Å². The molecule has 0 atom stereocenters. The third-order valence-electron chi connectivity index (χ3n) is 1.59. The molecule has 2 rings (SSSR count). The Morgan fingerprint density at radius 1 is 1.42 bits per heavy atom. The van der Waals surface area contributed by atoms with E-state index < -0.39 is 0 Å². The molecule has 1 aromatic rings. The summed E-state index contributed by atoms with van der Waals surface area (Å²) in [6.07, 6.45) is 0.716. The van der Waals surface area contributed by atoms with E-state index in [2.05, 4.69) is 0 Å². The van der Waals surface area contributed by atoms with E-state index in [0.29, 0.717) is 28.4 Å². The summed E-state index contributed by atoms with van der Waals surface area (Å²) in [5.41, 5.74) is 0.490. The molecular formula is C8H5ClO3. The Bertz CT molecular complexity index is 335. The number of carbonyl (C=O) groups is 1. The molecule has 1 aliphatic rings. The van der Waals surface area contributed by atoms with Crippen molar-refractivity contribution in [2.45, 2.75) is 0 Å². The molecule has 0 amide bonds. The average molecular weight is 185 g/mol. The fourth-order valence-corrected chi connectivity index (χ4v) is 1.33. The van der Waals surface area contributed by atoms with Gasteiger partial charge in [0.25, 0.3) is 0 Å². The minimum Gasteiger partial charge on any atom is -0.454 e. The maximum atomic E-state index is 10.4. The minimum atomic E-state index is 0.164. The molecule has 12 heavy (non-hydrogen) atoms. The second-order valence-corrected chi connectivity index (χ2v) is 2.76. The third-order valence-corrected chi connectivity index (χ3v) is 1.87. The summed E-state index contributed by atoms with van der Waals surface area (Å²) in [5.74, 6) is 1.05. The Labute approximate surface area is 73.8 Å². The van der Waals surface area contributed by atoms with Crippen LogP contribution in [0.25, 0.3) is 0 Å². The van der Waals surface area contributed by atoms with Gasteiger partial charge < -0.3 is 9.47 Å². The molecule has 0 aliphatic carbocycles. The molecule has 0 spiro atoms. The first kappa shape index (κ1) is 7.43. The van der Waals surface area contributed by atoms with Crippen LogP contribution in [0.1, 0.15) is 10.4 Å². The highest BCUT2D eigenvalue weighted by molar-refractivity contribution is 6.32. The normalized spacial score (nSPS) is 13.1. The van der Waals surface area contributed by atoms with Crippen molar-refractivity contribution in [1.29, 1.82) is 0 Å². The molecule has 62 valence electrons. The predicted octanol–water partition coefficient (Wildman–Crippen LogP) is 1.88. The van der Waals surface area contributed by atoms with Crippen LogP contribution in [0, 0.1) is 0 Å². The topological polar surface area (TPSA) is 35.5 Å². The summed E-state index contributed by atoms with van der Waals surface area (Å²) in [6.45, 7) is 0.164. The van der Waals surface area contributed by atoms with E-state index >= 15 is 0 Å². The van der Waals surface area contributed by atoms with Gasteiger partial charge >= 0.3 is 0 Å². The van der Waals surface area contributed by atoms with Crippen molar-refractivity contribution >= 4 is 17.9 Å². The molecule has 0 fully saturated rings. The average Bonchev–Trinajstić information content (AvgIpc) is 2.52. The highest BCUT2D eigenvalue weighted by Gasteiger charge is 2.17. The lowest BCUT2D eigenvalue weighted by Gasteiger charge is -1.98.